The summed E-state index contributed by atoms with van der Waals surface area (Å²) in [6.45, 7) is 0.685. The van der Waals surface area contributed by atoms with E-state index in [1.54, 1.807) is 18.6 Å². The maximum atomic E-state index is 13.1. The minimum Gasteiger partial charge on any atom is -0.342 e. The van der Waals surface area contributed by atoms with E-state index >= 15 is 0 Å². The Morgan fingerprint density at radius 1 is 1.20 bits per heavy atom. The van der Waals surface area contributed by atoms with Crippen molar-refractivity contribution in [1.82, 2.24) is 15.0 Å². The average molecular weight is 278 g/mol. The molecule has 0 unspecified atom stereocenters. The molecule has 0 aliphatic carbocycles. The van der Waals surface area contributed by atoms with Crippen LogP contribution in [0, 0.1) is 0 Å². The summed E-state index contributed by atoms with van der Waals surface area (Å²) in [5, 5.41) is 0. The minimum atomic E-state index is -2.52. The van der Waals surface area contributed by atoms with E-state index in [-0.39, 0.29) is 12.8 Å². The predicted octanol–water partition coefficient (Wildman–Crippen LogP) is 2.63. The van der Waals surface area contributed by atoms with Gasteiger partial charge in [0, 0.05) is 50.4 Å². The molecular formula is C14H16F2N4. The van der Waals surface area contributed by atoms with Gasteiger partial charge in [0.25, 0.3) is 5.92 Å². The molecule has 3 heterocycles. The molecule has 0 radical (unpaired) electrons. The first-order valence-electron chi connectivity index (χ1n) is 6.68. The molecular weight excluding hydrogens is 262 g/mol. The van der Waals surface area contributed by atoms with Gasteiger partial charge in [0.1, 0.15) is 0 Å². The predicted molar refractivity (Wildman–Crippen MR) is 72.0 cm³/mol. The number of alkyl halides is 2. The van der Waals surface area contributed by atoms with Crippen molar-refractivity contribution in [3.63, 3.8) is 0 Å². The zero-order chi connectivity index (χ0) is 14.0. The minimum absolute atomic E-state index is 0.104. The number of nitrogens with zero attached hydrogens (tertiary/aromatic N) is 3. The van der Waals surface area contributed by atoms with Crippen LogP contribution in [0.2, 0.25) is 0 Å². The molecule has 0 spiro atoms. The summed E-state index contributed by atoms with van der Waals surface area (Å²) in [6, 6.07) is 3.89. The SMILES string of the molecule is FC1(F)CCN(c2ncc(Cc3ccncc3)[nH]2)CC1. The van der Waals surface area contributed by atoms with Crippen LogP contribution in [0.25, 0.3) is 0 Å². The lowest BCUT2D eigenvalue weighted by atomic mass is 10.1. The fraction of sp³-hybridized carbons (Fsp3) is 0.429. The van der Waals surface area contributed by atoms with E-state index in [2.05, 4.69) is 15.0 Å². The Morgan fingerprint density at radius 3 is 2.60 bits per heavy atom. The van der Waals surface area contributed by atoms with Gasteiger partial charge in [-0.2, -0.15) is 0 Å². The van der Waals surface area contributed by atoms with Gasteiger partial charge < -0.3 is 9.88 Å². The molecule has 0 amide bonds. The van der Waals surface area contributed by atoms with Crippen LogP contribution >= 0.6 is 0 Å². The van der Waals surface area contributed by atoms with Crippen molar-refractivity contribution in [2.24, 2.45) is 0 Å². The summed E-state index contributed by atoms with van der Waals surface area (Å²) in [6.07, 6.45) is 5.79. The number of piperidine rings is 1. The molecule has 2 aromatic rings. The maximum Gasteiger partial charge on any atom is 0.251 e. The molecule has 3 rings (SSSR count). The van der Waals surface area contributed by atoms with Gasteiger partial charge in [-0.1, -0.05) is 0 Å². The Kier molecular flexibility index (Phi) is 3.38. The number of H-pyrrole nitrogens is 1. The Hall–Kier alpha value is -1.98. The van der Waals surface area contributed by atoms with Crippen LogP contribution < -0.4 is 4.90 Å². The van der Waals surface area contributed by atoms with E-state index < -0.39 is 5.92 Å². The highest BCUT2D eigenvalue weighted by Crippen LogP contribution is 2.29. The van der Waals surface area contributed by atoms with Gasteiger partial charge in [0.05, 0.1) is 6.20 Å². The van der Waals surface area contributed by atoms with Gasteiger partial charge in [-0.15, -0.1) is 0 Å². The van der Waals surface area contributed by atoms with Gasteiger partial charge in [0.2, 0.25) is 5.95 Å². The van der Waals surface area contributed by atoms with Crippen molar-refractivity contribution in [3.05, 3.63) is 42.0 Å². The highest BCUT2D eigenvalue weighted by molar-refractivity contribution is 5.33. The first kappa shape index (κ1) is 13.0. The van der Waals surface area contributed by atoms with Crippen LogP contribution in [-0.2, 0) is 6.42 Å². The first-order chi connectivity index (χ1) is 9.62. The number of aromatic amines is 1. The van der Waals surface area contributed by atoms with Crippen LogP contribution in [0.5, 0.6) is 0 Å². The van der Waals surface area contributed by atoms with Gasteiger partial charge in [-0.3, -0.25) is 4.98 Å². The largest absolute Gasteiger partial charge is 0.342 e. The molecule has 1 aliphatic heterocycles. The number of imidazole rings is 1. The highest BCUT2D eigenvalue weighted by atomic mass is 19.3. The Labute approximate surface area is 115 Å². The molecule has 106 valence electrons. The number of halogens is 2. The summed E-state index contributed by atoms with van der Waals surface area (Å²) in [7, 11) is 0. The van der Waals surface area contributed by atoms with Crippen molar-refractivity contribution in [3.8, 4) is 0 Å². The number of pyridine rings is 1. The summed E-state index contributed by atoms with van der Waals surface area (Å²) in [4.78, 5) is 13.4. The number of anilines is 1. The number of hydrogen-bond acceptors (Lipinski definition) is 3. The van der Waals surface area contributed by atoms with E-state index in [1.165, 1.54) is 0 Å². The van der Waals surface area contributed by atoms with Crippen molar-refractivity contribution in [2.45, 2.75) is 25.2 Å². The second-order valence-corrected chi connectivity index (χ2v) is 5.11. The third kappa shape index (κ3) is 2.95. The van der Waals surface area contributed by atoms with Crippen LogP contribution in [0.4, 0.5) is 14.7 Å². The quantitative estimate of drug-likeness (QED) is 0.938. The number of rotatable bonds is 3. The van der Waals surface area contributed by atoms with Gasteiger partial charge in [0.15, 0.2) is 0 Å². The maximum absolute atomic E-state index is 13.1. The zero-order valence-corrected chi connectivity index (χ0v) is 11.0. The van der Waals surface area contributed by atoms with Crippen LogP contribution in [-0.4, -0.2) is 34.0 Å². The molecule has 1 aliphatic rings. The second-order valence-electron chi connectivity index (χ2n) is 5.11. The molecule has 6 heteroatoms. The lowest BCUT2D eigenvalue weighted by Crippen LogP contribution is -2.39. The van der Waals surface area contributed by atoms with Crippen LogP contribution in [0.15, 0.2) is 30.7 Å². The molecule has 1 saturated heterocycles. The lowest BCUT2D eigenvalue weighted by molar-refractivity contribution is -0.0222. The third-order valence-corrected chi connectivity index (χ3v) is 3.55. The van der Waals surface area contributed by atoms with E-state index in [0.29, 0.717) is 19.0 Å². The highest BCUT2D eigenvalue weighted by Gasteiger charge is 2.34. The fourth-order valence-corrected chi connectivity index (χ4v) is 2.36. The Balaban J connectivity index is 1.65. The van der Waals surface area contributed by atoms with E-state index in [4.69, 9.17) is 0 Å². The molecule has 0 aromatic carbocycles. The normalized spacial score (nSPS) is 18.2. The van der Waals surface area contributed by atoms with Crippen molar-refractivity contribution >= 4 is 5.95 Å². The molecule has 1 N–H and O–H groups in total. The molecule has 1 fully saturated rings. The second kappa shape index (κ2) is 5.19. The van der Waals surface area contributed by atoms with Crippen molar-refractivity contribution in [1.29, 1.82) is 0 Å². The molecule has 20 heavy (non-hydrogen) atoms. The summed E-state index contributed by atoms with van der Waals surface area (Å²) in [5.74, 6) is -1.84. The van der Waals surface area contributed by atoms with Crippen molar-refractivity contribution < 1.29 is 8.78 Å². The van der Waals surface area contributed by atoms with E-state index in [1.807, 2.05) is 17.0 Å². The van der Waals surface area contributed by atoms with E-state index in [9.17, 15) is 8.78 Å². The smallest absolute Gasteiger partial charge is 0.251 e. The van der Waals surface area contributed by atoms with Gasteiger partial charge >= 0.3 is 0 Å². The Bertz CT molecular complexity index is 558. The van der Waals surface area contributed by atoms with Crippen LogP contribution in [0.1, 0.15) is 24.1 Å². The lowest BCUT2D eigenvalue weighted by Gasteiger charge is -2.31. The topological polar surface area (TPSA) is 44.8 Å². The molecule has 0 saturated carbocycles. The zero-order valence-electron chi connectivity index (χ0n) is 11.0. The fourth-order valence-electron chi connectivity index (χ4n) is 2.36. The van der Waals surface area contributed by atoms with E-state index in [0.717, 1.165) is 17.7 Å². The standard InChI is InChI=1S/C14H16F2N4/c15-14(16)3-7-20(8-4-14)13-18-10-12(19-13)9-11-1-5-17-6-2-11/h1-2,5-6,10H,3-4,7-9H2,(H,18,19). The Morgan fingerprint density at radius 2 is 1.90 bits per heavy atom. The number of nitrogens with one attached hydrogen (secondary N) is 1. The summed E-state index contributed by atoms with van der Waals surface area (Å²) < 4.78 is 26.2. The average Bonchev–Trinajstić information content (AvgIpc) is 2.88. The number of aromatic nitrogens is 3. The van der Waals surface area contributed by atoms with Crippen LogP contribution in [0.3, 0.4) is 0 Å². The molecule has 2 aromatic heterocycles. The van der Waals surface area contributed by atoms with Gasteiger partial charge in [-0.25, -0.2) is 13.8 Å². The molecule has 0 bridgehead atoms. The summed E-state index contributed by atoms with van der Waals surface area (Å²) >= 11 is 0. The third-order valence-electron chi connectivity index (χ3n) is 3.55. The first-order valence-corrected chi connectivity index (χ1v) is 6.68. The summed E-state index contributed by atoms with van der Waals surface area (Å²) in [5.41, 5.74) is 2.11. The number of hydrogen-bond donors (Lipinski definition) is 1. The molecule has 4 nitrogen and oxygen atoms in total. The van der Waals surface area contributed by atoms with Crippen molar-refractivity contribution in [2.75, 3.05) is 18.0 Å². The monoisotopic (exact) mass is 278 g/mol. The molecule has 0 atom stereocenters. The van der Waals surface area contributed by atoms with Gasteiger partial charge in [-0.05, 0) is 17.7 Å².